The van der Waals surface area contributed by atoms with Gasteiger partial charge in [0.25, 0.3) is 0 Å². The van der Waals surface area contributed by atoms with Gasteiger partial charge >= 0.3 is 0 Å². The third-order valence-corrected chi connectivity index (χ3v) is 5.91. The largest absolute Gasteiger partial charge is 0.296 e. The van der Waals surface area contributed by atoms with Gasteiger partial charge < -0.3 is 0 Å². The van der Waals surface area contributed by atoms with Crippen LogP contribution in [0.2, 0.25) is 0 Å². The van der Waals surface area contributed by atoms with Crippen molar-refractivity contribution in [3.63, 3.8) is 0 Å². The summed E-state index contributed by atoms with van der Waals surface area (Å²) in [7, 11) is -3.65. The van der Waals surface area contributed by atoms with Crippen molar-refractivity contribution >= 4 is 21.4 Å². The highest BCUT2D eigenvalue weighted by Gasteiger charge is 2.22. The van der Waals surface area contributed by atoms with Gasteiger partial charge in [-0.05, 0) is 59.7 Å². The van der Waals surface area contributed by atoms with Gasteiger partial charge in [-0.3, -0.25) is 4.90 Å². The van der Waals surface area contributed by atoms with E-state index >= 15 is 0 Å². The molecule has 1 aromatic heterocycles. The van der Waals surface area contributed by atoms with E-state index in [1.165, 1.54) is 12.1 Å². The van der Waals surface area contributed by atoms with Gasteiger partial charge in [-0.15, -0.1) is 0 Å². The van der Waals surface area contributed by atoms with Crippen LogP contribution in [-0.2, 0) is 10.0 Å². The van der Waals surface area contributed by atoms with Gasteiger partial charge in [0.1, 0.15) is 5.82 Å². The number of halogens is 1. The van der Waals surface area contributed by atoms with E-state index in [-0.39, 0.29) is 17.5 Å². The third kappa shape index (κ3) is 4.60. The second-order valence-electron chi connectivity index (χ2n) is 5.10. The standard InChI is InChI=1S/C16H21FN2O2S2/c1-3-19(4-2)16(13-9-10-22-12-13)11-18-23(20,21)15-7-5-14(17)6-8-15/h5-10,12,16,18H,3-4,11H2,1-2H3/t16-/m1/s1. The maximum absolute atomic E-state index is 13.0. The molecule has 0 amide bonds. The molecule has 0 fully saturated rings. The topological polar surface area (TPSA) is 49.4 Å². The van der Waals surface area contributed by atoms with Crippen LogP contribution in [0.15, 0.2) is 46.0 Å². The highest BCUT2D eigenvalue weighted by molar-refractivity contribution is 7.89. The first-order chi connectivity index (χ1) is 11.0. The molecule has 0 unspecified atom stereocenters. The van der Waals surface area contributed by atoms with E-state index in [0.717, 1.165) is 30.8 Å². The molecule has 1 N–H and O–H groups in total. The molecule has 0 aliphatic heterocycles. The molecule has 2 aromatic rings. The fraction of sp³-hybridized carbons (Fsp3) is 0.375. The van der Waals surface area contributed by atoms with Crippen molar-refractivity contribution in [1.29, 1.82) is 0 Å². The fourth-order valence-corrected chi connectivity index (χ4v) is 4.22. The molecule has 1 heterocycles. The Morgan fingerprint density at radius 3 is 2.35 bits per heavy atom. The normalized spacial score (nSPS) is 13.4. The summed E-state index contributed by atoms with van der Waals surface area (Å²) in [6.07, 6.45) is 0. The number of hydrogen-bond donors (Lipinski definition) is 1. The lowest BCUT2D eigenvalue weighted by Gasteiger charge is -2.29. The Bertz CT molecular complexity index is 696. The first-order valence-electron chi connectivity index (χ1n) is 7.49. The van der Waals surface area contributed by atoms with Gasteiger partial charge in [0, 0.05) is 12.6 Å². The zero-order chi connectivity index (χ0) is 16.9. The molecule has 2 rings (SSSR count). The Balaban J connectivity index is 2.16. The molecule has 1 atom stereocenters. The fourth-order valence-electron chi connectivity index (χ4n) is 2.47. The number of hydrogen-bond acceptors (Lipinski definition) is 4. The minimum absolute atomic E-state index is 0.0218. The third-order valence-electron chi connectivity index (χ3n) is 3.77. The second-order valence-corrected chi connectivity index (χ2v) is 7.65. The molecular weight excluding hydrogens is 335 g/mol. The number of sulfonamides is 1. The average Bonchev–Trinajstić information content (AvgIpc) is 3.06. The number of benzene rings is 1. The Labute approximate surface area is 141 Å². The molecular formula is C16H21FN2O2S2. The van der Waals surface area contributed by atoms with Crippen LogP contribution in [0, 0.1) is 5.82 Å². The van der Waals surface area contributed by atoms with Crippen molar-refractivity contribution in [2.45, 2.75) is 24.8 Å². The summed E-state index contributed by atoms with van der Waals surface area (Å²) in [6, 6.07) is 6.83. The molecule has 0 aliphatic rings. The number of rotatable bonds is 8. The van der Waals surface area contributed by atoms with E-state index in [9.17, 15) is 12.8 Å². The summed E-state index contributed by atoms with van der Waals surface area (Å²) in [5.41, 5.74) is 1.10. The minimum atomic E-state index is -3.65. The Morgan fingerprint density at radius 1 is 1.17 bits per heavy atom. The van der Waals surface area contributed by atoms with Gasteiger partial charge in [-0.1, -0.05) is 13.8 Å². The molecule has 1 aromatic carbocycles. The predicted octanol–water partition coefficient (Wildman–Crippen LogP) is 3.25. The van der Waals surface area contributed by atoms with E-state index in [0.29, 0.717) is 0 Å². The quantitative estimate of drug-likeness (QED) is 0.790. The zero-order valence-corrected chi connectivity index (χ0v) is 14.8. The number of nitrogens with one attached hydrogen (secondary N) is 1. The van der Waals surface area contributed by atoms with E-state index in [1.807, 2.05) is 16.8 Å². The molecule has 4 nitrogen and oxygen atoms in total. The van der Waals surface area contributed by atoms with Gasteiger partial charge in [0.2, 0.25) is 10.0 Å². The SMILES string of the molecule is CCN(CC)[C@H](CNS(=O)(=O)c1ccc(F)cc1)c1ccsc1. The second kappa shape index (κ2) is 8.01. The summed E-state index contributed by atoms with van der Waals surface area (Å²) in [5.74, 6) is -0.455. The van der Waals surface area contributed by atoms with Gasteiger partial charge in [-0.25, -0.2) is 17.5 Å². The lowest BCUT2D eigenvalue weighted by molar-refractivity contribution is 0.220. The monoisotopic (exact) mass is 356 g/mol. The number of thiophene rings is 1. The predicted molar refractivity (Wildman–Crippen MR) is 91.6 cm³/mol. The summed E-state index contributed by atoms with van der Waals surface area (Å²) in [5, 5.41) is 4.02. The first kappa shape index (κ1) is 18.1. The van der Waals surface area contributed by atoms with Crippen LogP contribution < -0.4 is 4.72 Å². The highest BCUT2D eigenvalue weighted by Crippen LogP contribution is 2.23. The molecule has 0 spiro atoms. The average molecular weight is 356 g/mol. The summed E-state index contributed by atoms with van der Waals surface area (Å²) >= 11 is 1.59. The van der Waals surface area contributed by atoms with Gasteiger partial charge in [-0.2, -0.15) is 11.3 Å². The molecule has 23 heavy (non-hydrogen) atoms. The van der Waals surface area contributed by atoms with Crippen LogP contribution in [0.3, 0.4) is 0 Å². The summed E-state index contributed by atoms with van der Waals surface area (Å²) in [6.45, 7) is 6.04. The zero-order valence-electron chi connectivity index (χ0n) is 13.2. The lowest BCUT2D eigenvalue weighted by atomic mass is 10.1. The van der Waals surface area contributed by atoms with Crippen molar-refractivity contribution in [3.05, 3.63) is 52.5 Å². The van der Waals surface area contributed by atoms with Crippen LogP contribution in [0.4, 0.5) is 4.39 Å². The molecule has 0 aliphatic carbocycles. The van der Waals surface area contributed by atoms with Crippen molar-refractivity contribution in [1.82, 2.24) is 9.62 Å². The highest BCUT2D eigenvalue weighted by atomic mass is 32.2. The molecule has 0 bridgehead atoms. The van der Waals surface area contributed by atoms with Crippen molar-refractivity contribution in [2.75, 3.05) is 19.6 Å². The minimum Gasteiger partial charge on any atom is -0.296 e. The van der Waals surface area contributed by atoms with Crippen LogP contribution in [0.1, 0.15) is 25.5 Å². The van der Waals surface area contributed by atoms with E-state index < -0.39 is 15.8 Å². The Hall–Kier alpha value is -1.28. The van der Waals surface area contributed by atoms with Crippen LogP contribution in [-0.4, -0.2) is 33.0 Å². The van der Waals surface area contributed by atoms with E-state index in [2.05, 4.69) is 23.5 Å². The van der Waals surface area contributed by atoms with Crippen molar-refractivity contribution < 1.29 is 12.8 Å². The van der Waals surface area contributed by atoms with Crippen LogP contribution in [0.25, 0.3) is 0 Å². The Morgan fingerprint density at radius 2 is 1.83 bits per heavy atom. The molecule has 0 radical (unpaired) electrons. The molecule has 0 saturated heterocycles. The van der Waals surface area contributed by atoms with Gasteiger partial charge in [0.05, 0.1) is 4.90 Å². The molecule has 126 valence electrons. The molecule has 0 saturated carbocycles. The smallest absolute Gasteiger partial charge is 0.240 e. The van der Waals surface area contributed by atoms with Crippen molar-refractivity contribution in [2.24, 2.45) is 0 Å². The van der Waals surface area contributed by atoms with E-state index in [4.69, 9.17) is 0 Å². The first-order valence-corrected chi connectivity index (χ1v) is 9.92. The maximum Gasteiger partial charge on any atom is 0.240 e. The lowest BCUT2D eigenvalue weighted by Crippen LogP contribution is -2.37. The number of likely N-dealkylation sites (N-methyl/N-ethyl adjacent to an activating group) is 1. The molecule has 7 heteroatoms. The summed E-state index contributed by atoms with van der Waals surface area (Å²) in [4.78, 5) is 2.28. The van der Waals surface area contributed by atoms with Crippen molar-refractivity contribution in [3.8, 4) is 0 Å². The van der Waals surface area contributed by atoms with Gasteiger partial charge in [0.15, 0.2) is 0 Å². The number of nitrogens with zero attached hydrogens (tertiary/aromatic N) is 1. The maximum atomic E-state index is 13.0. The van der Waals surface area contributed by atoms with Crippen LogP contribution in [0.5, 0.6) is 0 Å². The van der Waals surface area contributed by atoms with Crippen LogP contribution >= 0.6 is 11.3 Å². The summed E-state index contributed by atoms with van der Waals surface area (Å²) < 4.78 is 40.3. The van der Waals surface area contributed by atoms with E-state index in [1.54, 1.807) is 11.3 Å². The Kier molecular flexibility index (Phi) is 6.29.